The van der Waals surface area contributed by atoms with E-state index in [1.165, 1.54) is 10.7 Å². The number of benzene rings is 1. The molecule has 0 amide bonds. The van der Waals surface area contributed by atoms with Gasteiger partial charge in [-0.3, -0.25) is 0 Å². The first-order valence-electron chi connectivity index (χ1n) is 10.5. The first kappa shape index (κ1) is 24.4. The van der Waals surface area contributed by atoms with Gasteiger partial charge in [-0.05, 0) is 49.5 Å². The van der Waals surface area contributed by atoms with Crippen molar-refractivity contribution in [2.24, 2.45) is 0 Å². The van der Waals surface area contributed by atoms with E-state index in [2.05, 4.69) is 36.7 Å². The van der Waals surface area contributed by atoms with Crippen molar-refractivity contribution >= 4 is 50.2 Å². The van der Waals surface area contributed by atoms with Crippen molar-refractivity contribution in [3.05, 3.63) is 70.5 Å². The van der Waals surface area contributed by atoms with E-state index in [-0.39, 0.29) is 5.75 Å². The summed E-state index contributed by atoms with van der Waals surface area (Å²) in [7, 11) is 0.714. The zero-order valence-corrected chi connectivity index (χ0v) is 20.9. The summed E-state index contributed by atoms with van der Waals surface area (Å²) in [5.74, 6) is 1.38. The van der Waals surface area contributed by atoms with E-state index < -0.39 is 9.84 Å². The molecule has 4 aromatic rings. The molecule has 4 rings (SSSR count). The number of rotatable bonds is 8. The molecule has 0 aliphatic heterocycles. The molecule has 12 heteroatoms. The zero-order valence-electron chi connectivity index (χ0n) is 19.3. The number of pyridine rings is 1. The van der Waals surface area contributed by atoms with Gasteiger partial charge in [0.05, 0.1) is 11.9 Å². The Bertz CT molecular complexity index is 1530. The van der Waals surface area contributed by atoms with Gasteiger partial charge in [0.15, 0.2) is 15.5 Å². The summed E-state index contributed by atoms with van der Waals surface area (Å²) >= 11 is 6.19. The van der Waals surface area contributed by atoms with Crippen LogP contribution in [0.25, 0.3) is 5.65 Å². The number of halogens is 1. The fraction of sp³-hybridized carbons (Fsp3) is 0.217. The Hall–Kier alpha value is -3.72. The normalized spacial score (nSPS) is 11.5. The molecule has 0 fully saturated rings. The van der Waals surface area contributed by atoms with Crippen LogP contribution in [-0.4, -0.2) is 53.3 Å². The highest BCUT2D eigenvalue weighted by Gasteiger charge is 2.14. The van der Waals surface area contributed by atoms with Crippen molar-refractivity contribution < 1.29 is 8.42 Å². The van der Waals surface area contributed by atoms with Crippen molar-refractivity contribution in [1.29, 1.82) is 5.26 Å². The predicted molar refractivity (Wildman–Crippen MR) is 136 cm³/mol. The molecule has 0 unspecified atom stereocenters. The van der Waals surface area contributed by atoms with E-state index in [1.54, 1.807) is 30.5 Å². The molecule has 0 atom stereocenters. The highest BCUT2D eigenvalue weighted by atomic mass is 35.5. The van der Waals surface area contributed by atoms with E-state index in [0.717, 1.165) is 18.4 Å². The van der Waals surface area contributed by atoms with Crippen LogP contribution in [0.4, 0.5) is 23.1 Å². The summed E-state index contributed by atoms with van der Waals surface area (Å²) in [6.07, 6.45) is 4.39. The summed E-state index contributed by atoms with van der Waals surface area (Å²) in [6, 6.07) is 12.7. The Morgan fingerprint density at radius 3 is 2.57 bits per heavy atom. The summed E-state index contributed by atoms with van der Waals surface area (Å²) in [5.41, 5.74) is 2.80. The quantitative estimate of drug-likeness (QED) is 0.364. The Morgan fingerprint density at radius 1 is 1.11 bits per heavy atom. The molecular weight excluding hydrogens is 488 g/mol. The average Bonchev–Trinajstić information content (AvgIpc) is 3.19. The number of nitriles is 1. The lowest BCUT2D eigenvalue weighted by atomic mass is 10.2. The maximum Gasteiger partial charge on any atom is 0.177 e. The van der Waals surface area contributed by atoms with Crippen LogP contribution in [0, 0.1) is 11.3 Å². The second kappa shape index (κ2) is 9.87. The maximum absolute atomic E-state index is 11.8. The number of sulfone groups is 1. The van der Waals surface area contributed by atoms with Crippen LogP contribution in [0.5, 0.6) is 0 Å². The van der Waals surface area contributed by atoms with Crippen molar-refractivity contribution in [2.45, 2.75) is 12.3 Å². The number of nitrogens with zero attached hydrogens (tertiary/aromatic N) is 6. The lowest BCUT2D eigenvalue weighted by molar-refractivity contribution is 0.402. The molecule has 0 spiro atoms. The minimum Gasteiger partial charge on any atom is -0.340 e. The molecule has 0 bridgehead atoms. The Balaban J connectivity index is 1.68. The number of hydrogen-bond acceptors (Lipinski definition) is 9. The third-order valence-electron chi connectivity index (χ3n) is 4.91. The number of nitrogens with one attached hydrogen (secondary N) is 2. The molecule has 0 aliphatic carbocycles. The number of fused-ring (bicyclic) bond motifs is 1. The van der Waals surface area contributed by atoms with Gasteiger partial charge in [-0.2, -0.15) is 14.9 Å². The van der Waals surface area contributed by atoms with Crippen LogP contribution >= 0.6 is 11.6 Å². The van der Waals surface area contributed by atoms with Crippen molar-refractivity contribution in [2.75, 3.05) is 31.0 Å². The molecule has 0 radical (unpaired) electrons. The Kier molecular flexibility index (Phi) is 6.88. The third-order valence-corrected chi connectivity index (χ3v) is 6.11. The largest absolute Gasteiger partial charge is 0.340 e. The molecule has 0 saturated carbocycles. The molecule has 180 valence electrons. The van der Waals surface area contributed by atoms with Gasteiger partial charge >= 0.3 is 0 Å². The molecule has 0 aliphatic rings. The zero-order chi connectivity index (χ0) is 25.2. The highest BCUT2D eigenvalue weighted by molar-refractivity contribution is 7.89. The first-order chi connectivity index (χ1) is 16.6. The van der Waals surface area contributed by atoms with Gasteiger partial charge in [0, 0.05) is 35.8 Å². The van der Waals surface area contributed by atoms with E-state index in [4.69, 9.17) is 11.6 Å². The first-order valence-corrected chi connectivity index (χ1v) is 12.9. The van der Waals surface area contributed by atoms with Gasteiger partial charge < -0.3 is 15.5 Å². The summed E-state index contributed by atoms with van der Waals surface area (Å²) < 4.78 is 25.0. The van der Waals surface area contributed by atoms with Gasteiger partial charge in [0.25, 0.3) is 0 Å². The standard InChI is InChI=1S/C23H23ClN8O2S/c1-31(2)13-15-4-7-20(26-11-15)29-22-9-21(30-23-17(10-25)12-27-32(22)23)28-18-5-6-19(24)16(8-18)14-35(3,33)34/h4-9,11-12H,13-14H2,1-3H3,(H,26,29)(H,28,30). The van der Waals surface area contributed by atoms with E-state index in [0.29, 0.717) is 44.9 Å². The second-order valence-corrected chi connectivity index (χ2v) is 10.9. The number of anilines is 4. The van der Waals surface area contributed by atoms with Crippen molar-refractivity contribution in [1.82, 2.24) is 24.5 Å². The molecule has 3 aromatic heterocycles. The van der Waals surface area contributed by atoms with Crippen molar-refractivity contribution in [3.8, 4) is 6.07 Å². The Labute approximate surface area is 208 Å². The lowest BCUT2D eigenvalue weighted by Crippen LogP contribution is -2.11. The molecule has 1 aromatic carbocycles. The summed E-state index contributed by atoms with van der Waals surface area (Å²) in [5, 5.41) is 20.5. The third kappa shape index (κ3) is 6.05. The SMILES string of the molecule is CN(C)Cc1ccc(Nc2cc(Nc3ccc(Cl)c(CS(C)(=O)=O)c3)nc3c(C#N)cnn23)nc1. The minimum absolute atomic E-state index is 0.183. The smallest absolute Gasteiger partial charge is 0.177 e. The Morgan fingerprint density at radius 2 is 1.91 bits per heavy atom. The van der Waals surface area contributed by atoms with Gasteiger partial charge in [-0.25, -0.2) is 18.4 Å². The second-order valence-electron chi connectivity index (χ2n) is 8.35. The maximum atomic E-state index is 11.8. The molecule has 10 nitrogen and oxygen atoms in total. The summed E-state index contributed by atoms with van der Waals surface area (Å²) in [4.78, 5) is 11.1. The topological polar surface area (TPSA) is 128 Å². The van der Waals surface area contributed by atoms with Gasteiger partial charge in [0.1, 0.15) is 29.1 Å². The molecule has 3 heterocycles. The van der Waals surface area contributed by atoms with Crippen LogP contribution in [0.15, 0.2) is 48.8 Å². The lowest BCUT2D eigenvalue weighted by Gasteiger charge is -2.13. The van der Waals surface area contributed by atoms with Crippen LogP contribution in [-0.2, 0) is 22.1 Å². The van der Waals surface area contributed by atoms with Gasteiger partial charge in [-0.15, -0.1) is 0 Å². The molecular formula is C23H23ClN8O2S. The highest BCUT2D eigenvalue weighted by Crippen LogP contribution is 2.27. The van der Waals surface area contributed by atoms with Crippen LogP contribution in [0.2, 0.25) is 5.02 Å². The fourth-order valence-electron chi connectivity index (χ4n) is 3.48. The van der Waals surface area contributed by atoms with E-state index in [9.17, 15) is 13.7 Å². The van der Waals surface area contributed by atoms with Gasteiger partial charge in [0.2, 0.25) is 0 Å². The van der Waals surface area contributed by atoms with Crippen LogP contribution in [0.1, 0.15) is 16.7 Å². The van der Waals surface area contributed by atoms with E-state index >= 15 is 0 Å². The monoisotopic (exact) mass is 510 g/mol. The number of hydrogen-bond donors (Lipinski definition) is 2. The molecule has 0 saturated heterocycles. The molecule has 2 N–H and O–H groups in total. The predicted octanol–water partition coefficient (Wildman–Crippen LogP) is 3.74. The van der Waals surface area contributed by atoms with Crippen molar-refractivity contribution in [3.63, 3.8) is 0 Å². The molecule has 35 heavy (non-hydrogen) atoms. The van der Waals surface area contributed by atoms with Crippen LogP contribution < -0.4 is 10.6 Å². The summed E-state index contributed by atoms with van der Waals surface area (Å²) in [6.45, 7) is 0.772. The average molecular weight is 511 g/mol. The van der Waals surface area contributed by atoms with E-state index in [1.807, 2.05) is 26.2 Å². The number of aromatic nitrogens is 4. The fourth-order valence-corrected chi connectivity index (χ4v) is 4.54. The minimum atomic E-state index is -3.27. The van der Waals surface area contributed by atoms with Crippen LogP contribution in [0.3, 0.4) is 0 Å². The van der Waals surface area contributed by atoms with Gasteiger partial charge in [-0.1, -0.05) is 17.7 Å².